The summed E-state index contributed by atoms with van der Waals surface area (Å²) in [6.07, 6.45) is 12.1. The number of rotatable bonds is 8. The first-order valence-electron chi connectivity index (χ1n) is 18.9. The lowest BCUT2D eigenvalue weighted by Crippen LogP contribution is -2.36. The summed E-state index contributed by atoms with van der Waals surface area (Å²) in [4.78, 5) is 28.1. The average Bonchev–Trinajstić information content (AvgIpc) is 3.98. The molecule has 5 aliphatic heterocycles. The number of nitriles is 2. The highest BCUT2D eigenvalue weighted by Gasteiger charge is 2.30. The molecule has 6 aliphatic rings. The number of ether oxygens (including phenoxy) is 2. The number of hydrogen-bond donors (Lipinski definition) is 1. The Morgan fingerprint density at radius 3 is 1.67 bits per heavy atom. The standard InChI is InChI=1S/C19H27N5O.C18H26N6O.2CH4/c1-23-9-4-6-15(23)13-25-19-21-17-8-2-7-16(17)18(22-19)24-10-3-5-14(11-20)12-24;1-23-6-3-5-14(23)12-25-18-21-16-10-20-9-15(16)17(22-18)24-7-2-4-13(8-19)11-24;;/h14-15H,2-10,12-13H2,1H3;13-14,20H,2-7,9-12H2,1H3;2*1H4/t14-,15-;13-,14-;;/m00../s1. The lowest BCUT2D eigenvalue weighted by molar-refractivity contribution is 0.187. The molecule has 13 heteroatoms. The van der Waals surface area contributed by atoms with Gasteiger partial charge in [-0.2, -0.15) is 30.5 Å². The molecule has 0 saturated carbocycles. The van der Waals surface area contributed by atoms with Crippen LogP contribution in [0, 0.1) is 34.5 Å². The summed E-state index contributed by atoms with van der Waals surface area (Å²) in [5, 5.41) is 21.9. The molecule has 1 N–H and O–H groups in total. The van der Waals surface area contributed by atoms with Crippen molar-refractivity contribution in [1.82, 2.24) is 35.1 Å². The molecule has 0 amide bonds. The maximum Gasteiger partial charge on any atom is 0.318 e. The summed E-state index contributed by atoms with van der Waals surface area (Å²) < 4.78 is 12.0. The van der Waals surface area contributed by atoms with Crippen LogP contribution < -0.4 is 24.6 Å². The fourth-order valence-corrected chi connectivity index (χ4v) is 8.44. The molecule has 13 nitrogen and oxygen atoms in total. The van der Waals surface area contributed by atoms with Crippen molar-refractivity contribution in [3.05, 3.63) is 22.5 Å². The van der Waals surface area contributed by atoms with Crippen LogP contribution in [-0.2, 0) is 25.9 Å². The fourth-order valence-electron chi connectivity index (χ4n) is 8.44. The Balaban J connectivity index is 0.000000194. The number of aromatic nitrogens is 4. The number of likely N-dealkylation sites (tertiary alicyclic amines) is 2. The molecule has 4 atom stereocenters. The van der Waals surface area contributed by atoms with E-state index in [9.17, 15) is 10.5 Å². The van der Waals surface area contributed by atoms with E-state index < -0.39 is 0 Å². The molecule has 7 heterocycles. The molecule has 2 aromatic heterocycles. The Labute approximate surface area is 311 Å². The van der Waals surface area contributed by atoms with Gasteiger partial charge in [0.2, 0.25) is 0 Å². The van der Waals surface area contributed by atoms with Gasteiger partial charge in [-0.25, -0.2) is 0 Å². The second-order valence-electron chi connectivity index (χ2n) is 15.0. The van der Waals surface area contributed by atoms with Gasteiger partial charge in [0.25, 0.3) is 0 Å². The van der Waals surface area contributed by atoms with Gasteiger partial charge >= 0.3 is 12.0 Å². The van der Waals surface area contributed by atoms with Crippen molar-refractivity contribution in [3.8, 4) is 24.2 Å². The Morgan fingerprint density at radius 1 is 0.635 bits per heavy atom. The fraction of sp³-hybridized carbons (Fsp3) is 0.744. The summed E-state index contributed by atoms with van der Waals surface area (Å²) in [5.41, 5.74) is 4.64. The van der Waals surface area contributed by atoms with Gasteiger partial charge in [-0.05, 0) is 97.8 Å². The van der Waals surface area contributed by atoms with Gasteiger partial charge in [0.05, 0.1) is 35.4 Å². The molecule has 0 spiro atoms. The molecule has 4 fully saturated rings. The van der Waals surface area contributed by atoms with Crippen molar-refractivity contribution < 1.29 is 9.47 Å². The summed E-state index contributed by atoms with van der Waals surface area (Å²) in [7, 11) is 4.31. The summed E-state index contributed by atoms with van der Waals surface area (Å²) in [6, 6.07) is 6.78. The predicted octanol–water partition coefficient (Wildman–Crippen LogP) is 4.74. The molecule has 0 bridgehead atoms. The third kappa shape index (κ3) is 9.05. The quantitative estimate of drug-likeness (QED) is 0.402. The molecule has 52 heavy (non-hydrogen) atoms. The van der Waals surface area contributed by atoms with E-state index in [4.69, 9.17) is 24.4 Å². The number of aryl methyl sites for hydroxylation is 1. The van der Waals surface area contributed by atoms with Crippen LogP contribution in [0.15, 0.2) is 0 Å². The third-order valence-electron chi connectivity index (χ3n) is 11.5. The van der Waals surface area contributed by atoms with E-state index in [1.807, 2.05) is 0 Å². The number of piperidine rings is 2. The van der Waals surface area contributed by atoms with E-state index >= 15 is 0 Å². The van der Waals surface area contributed by atoms with E-state index in [1.54, 1.807) is 0 Å². The first kappa shape index (κ1) is 39.4. The molecule has 0 aromatic carbocycles. The van der Waals surface area contributed by atoms with Crippen LogP contribution in [0.5, 0.6) is 12.0 Å². The van der Waals surface area contributed by atoms with Crippen LogP contribution in [0.1, 0.15) is 95.2 Å². The number of anilines is 2. The van der Waals surface area contributed by atoms with Crippen LogP contribution in [0.4, 0.5) is 11.6 Å². The van der Waals surface area contributed by atoms with Crippen molar-refractivity contribution in [2.24, 2.45) is 11.8 Å². The maximum atomic E-state index is 9.30. The highest BCUT2D eigenvalue weighted by molar-refractivity contribution is 5.53. The van der Waals surface area contributed by atoms with Crippen LogP contribution in [0.25, 0.3) is 0 Å². The zero-order valence-electron chi connectivity index (χ0n) is 29.9. The molecule has 284 valence electrons. The minimum absolute atomic E-state index is 0. The van der Waals surface area contributed by atoms with Gasteiger partial charge in [0, 0.05) is 62.5 Å². The van der Waals surface area contributed by atoms with Gasteiger partial charge in [-0.3, -0.25) is 0 Å². The van der Waals surface area contributed by atoms with Gasteiger partial charge in [0.15, 0.2) is 0 Å². The minimum Gasteiger partial charge on any atom is -0.462 e. The lowest BCUT2D eigenvalue weighted by atomic mass is 9.99. The molecule has 0 unspecified atom stereocenters. The Kier molecular flexibility index (Phi) is 13.9. The van der Waals surface area contributed by atoms with E-state index in [1.165, 1.54) is 36.8 Å². The zero-order valence-corrected chi connectivity index (χ0v) is 29.9. The number of nitrogens with one attached hydrogen (secondary N) is 1. The predicted molar refractivity (Wildman–Crippen MR) is 203 cm³/mol. The van der Waals surface area contributed by atoms with Gasteiger partial charge < -0.3 is 34.4 Å². The molecule has 4 saturated heterocycles. The maximum absolute atomic E-state index is 9.30. The number of likely N-dealkylation sites (N-methyl/N-ethyl adjacent to an activating group) is 2. The van der Waals surface area contributed by atoms with E-state index in [-0.39, 0.29) is 26.7 Å². The van der Waals surface area contributed by atoms with Crippen molar-refractivity contribution in [2.45, 2.75) is 111 Å². The van der Waals surface area contributed by atoms with Crippen LogP contribution in [0.2, 0.25) is 0 Å². The summed E-state index contributed by atoms with van der Waals surface area (Å²) >= 11 is 0. The zero-order chi connectivity index (χ0) is 34.5. The highest BCUT2D eigenvalue weighted by Crippen LogP contribution is 2.34. The number of nitrogens with zero attached hydrogens (tertiary/aromatic N) is 10. The normalized spacial score (nSPS) is 25.5. The molecule has 2 aromatic rings. The van der Waals surface area contributed by atoms with Gasteiger partial charge in [-0.1, -0.05) is 14.9 Å². The van der Waals surface area contributed by atoms with Gasteiger partial charge in [-0.15, -0.1) is 0 Å². The van der Waals surface area contributed by atoms with Gasteiger partial charge in [0.1, 0.15) is 24.8 Å². The third-order valence-corrected chi connectivity index (χ3v) is 11.5. The van der Waals surface area contributed by atoms with Crippen LogP contribution in [-0.4, -0.2) is 108 Å². The van der Waals surface area contributed by atoms with Crippen LogP contribution in [0.3, 0.4) is 0 Å². The van der Waals surface area contributed by atoms with Crippen molar-refractivity contribution in [3.63, 3.8) is 0 Å². The summed E-state index contributed by atoms with van der Waals surface area (Å²) in [6.45, 7) is 8.61. The van der Waals surface area contributed by atoms with Crippen molar-refractivity contribution in [2.75, 3.05) is 76.4 Å². The monoisotopic (exact) mass is 716 g/mol. The molecular formula is C39H61N11O2. The minimum atomic E-state index is 0. The van der Waals surface area contributed by atoms with Crippen molar-refractivity contribution >= 4 is 11.6 Å². The first-order chi connectivity index (χ1) is 24.5. The molecule has 0 radical (unpaired) electrons. The lowest BCUT2D eigenvalue weighted by Gasteiger charge is -2.32. The molecular weight excluding hydrogens is 655 g/mol. The van der Waals surface area contributed by atoms with Crippen LogP contribution >= 0.6 is 0 Å². The molecule has 8 rings (SSSR count). The van der Waals surface area contributed by atoms with E-state index in [2.05, 4.69) is 56.1 Å². The average molecular weight is 716 g/mol. The number of fused-ring (bicyclic) bond motifs is 2. The highest BCUT2D eigenvalue weighted by atomic mass is 16.5. The Morgan fingerprint density at radius 2 is 1.15 bits per heavy atom. The second kappa shape index (κ2) is 18.3. The van der Waals surface area contributed by atoms with Crippen molar-refractivity contribution in [1.29, 1.82) is 10.5 Å². The smallest absolute Gasteiger partial charge is 0.318 e. The number of hydrogen-bond acceptors (Lipinski definition) is 13. The Hall–Kier alpha value is -3.78. The summed E-state index contributed by atoms with van der Waals surface area (Å²) in [5.74, 6) is 2.18. The first-order valence-corrected chi connectivity index (χ1v) is 18.9. The SMILES string of the molecule is C.C.CN1CCC[C@H]1COc1nc2c(c(N3CCC[C@@H](C#N)C3)n1)CCC2.CN1CCC[C@H]1COc1nc2c(c(N3CCC[C@@H](C#N)C3)n1)CNC2. The molecule has 1 aliphatic carbocycles. The largest absolute Gasteiger partial charge is 0.462 e. The second-order valence-corrected chi connectivity index (χ2v) is 15.0. The van der Waals surface area contributed by atoms with E-state index in [0.29, 0.717) is 37.3 Å². The van der Waals surface area contributed by atoms with E-state index in [0.717, 1.165) is 120 Å². The topological polar surface area (TPSA) is 143 Å². The Bertz CT molecular complexity index is 1460.